The number of hydrogen-bond donors (Lipinski definition) is 0. The van der Waals surface area contributed by atoms with E-state index in [9.17, 15) is 10.1 Å². The first-order chi connectivity index (χ1) is 11.2. The molecule has 118 valence electrons. The molecule has 8 heteroatoms. The van der Waals surface area contributed by atoms with Crippen LogP contribution in [0.2, 0.25) is 0 Å². The molecular formula is C15H14N4O3S. The number of benzene rings is 1. The minimum absolute atomic E-state index is 0.0348. The van der Waals surface area contributed by atoms with Crippen LogP contribution in [-0.4, -0.2) is 28.0 Å². The van der Waals surface area contributed by atoms with Crippen molar-refractivity contribution in [2.75, 3.05) is 18.6 Å². The molecule has 0 bridgehead atoms. The Balaban J connectivity index is 1.75. The largest absolute Gasteiger partial charge is 0.497 e. The Labute approximate surface area is 135 Å². The fourth-order valence-electron chi connectivity index (χ4n) is 2.99. The van der Waals surface area contributed by atoms with Crippen LogP contribution in [0.25, 0.3) is 4.96 Å². The van der Waals surface area contributed by atoms with Gasteiger partial charge in [-0.25, -0.2) is 0 Å². The standard InChI is InChI=1S/C15H14N4O3S/c1-22-12-3-2-10-4-5-17(9-11(10)8-12)13-14(19(20)21)18-6-7-23-15(18)16-13/h2-3,6-8H,4-5,9H2,1H3. The quantitative estimate of drug-likeness (QED) is 0.545. The Morgan fingerprint density at radius 1 is 1.39 bits per heavy atom. The summed E-state index contributed by atoms with van der Waals surface area (Å²) in [6.07, 6.45) is 2.53. The lowest BCUT2D eigenvalue weighted by Gasteiger charge is -2.28. The van der Waals surface area contributed by atoms with E-state index in [2.05, 4.69) is 11.1 Å². The minimum Gasteiger partial charge on any atom is -0.497 e. The van der Waals surface area contributed by atoms with Crippen molar-refractivity contribution in [3.63, 3.8) is 0 Å². The maximum atomic E-state index is 11.5. The smallest absolute Gasteiger partial charge is 0.373 e. The number of methoxy groups -OCH3 is 1. The minimum atomic E-state index is -0.358. The average Bonchev–Trinajstić information content (AvgIpc) is 3.13. The van der Waals surface area contributed by atoms with Crippen LogP contribution in [0, 0.1) is 10.1 Å². The van der Waals surface area contributed by atoms with Gasteiger partial charge in [-0.2, -0.15) is 9.38 Å². The number of rotatable bonds is 3. The van der Waals surface area contributed by atoms with Gasteiger partial charge in [-0.05, 0) is 34.6 Å². The third-order valence-corrected chi connectivity index (χ3v) is 4.87. The van der Waals surface area contributed by atoms with Gasteiger partial charge in [-0.1, -0.05) is 17.4 Å². The molecule has 0 fully saturated rings. The molecule has 0 saturated carbocycles. The molecule has 4 rings (SSSR count). The molecule has 0 atom stereocenters. The summed E-state index contributed by atoms with van der Waals surface area (Å²) in [6, 6.07) is 6.00. The van der Waals surface area contributed by atoms with E-state index < -0.39 is 0 Å². The summed E-state index contributed by atoms with van der Waals surface area (Å²) in [7, 11) is 1.64. The Morgan fingerprint density at radius 3 is 3.04 bits per heavy atom. The Hall–Kier alpha value is -2.61. The fourth-order valence-corrected chi connectivity index (χ4v) is 3.69. The van der Waals surface area contributed by atoms with Gasteiger partial charge in [0.05, 0.1) is 7.11 Å². The lowest BCUT2D eigenvalue weighted by atomic mass is 9.99. The zero-order valence-corrected chi connectivity index (χ0v) is 13.2. The van der Waals surface area contributed by atoms with Gasteiger partial charge in [-0.3, -0.25) is 0 Å². The van der Waals surface area contributed by atoms with Crippen molar-refractivity contribution in [1.82, 2.24) is 9.38 Å². The highest BCUT2D eigenvalue weighted by Crippen LogP contribution is 2.34. The predicted molar refractivity (Wildman–Crippen MR) is 87.5 cm³/mol. The van der Waals surface area contributed by atoms with E-state index in [-0.39, 0.29) is 10.7 Å². The molecule has 0 N–H and O–H groups in total. The van der Waals surface area contributed by atoms with Crippen LogP contribution in [0.1, 0.15) is 11.1 Å². The molecule has 0 aliphatic carbocycles. The van der Waals surface area contributed by atoms with E-state index in [4.69, 9.17) is 4.74 Å². The Morgan fingerprint density at radius 2 is 2.26 bits per heavy atom. The van der Waals surface area contributed by atoms with Gasteiger partial charge in [0.2, 0.25) is 5.82 Å². The van der Waals surface area contributed by atoms with Crippen LogP contribution in [-0.2, 0) is 13.0 Å². The topological polar surface area (TPSA) is 72.9 Å². The molecule has 0 spiro atoms. The van der Waals surface area contributed by atoms with Gasteiger partial charge in [0.1, 0.15) is 11.9 Å². The molecule has 0 radical (unpaired) electrons. The van der Waals surface area contributed by atoms with Crippen LogP contribution in [0.15, 0.2) is 29.8 Å². The molecule has 0 unspecified atom stereocenters. The number of thiazole rings is 1. The second-order valence-corrected chi connectivity index (χ2v) is 6.25. The van der Waals surface area contributed by atoms with Crippen molar-refractivity contribution >= 4 is 27.9 Å². The second-order valence-electron chi connectivity index (χ2n) is 5.38. The van der Waals surface area contributed by atoms with Crippen LogP contribution in [0.4, 0.5) is 11.6 Å². The normalized spacial score (nSPS) is 14.0. The van der Waals surface area contributed by atoms with Crippen molar-refractivity contribution < 1.29 is 9.66 Å². The predicted octanol–water partition coefficient (Wildman–Crippen LogP) is 2.88. The summed E-state index contributed by atoms with van der Waals surface area (Å²) < 4.78 is 6.82. The van der Waals surface area contributed by atoms with Gasteiger partial charge in [0, 0.05) is 18.5 Å². The molecule has 2 aromatic heterocycles. The van der Waals surface area contributed by atoms with Crippen molar-refractivity contribution in [2.24, 2.45) is 0 Å². The highest BCUT2D eigenvalue weighted by atomic mass is 32.1. The van der Waals surface area contributed by atoms with Crippen molar-refractivity contribution in [3.05, 3.63) is 51.0 Å². The molecule has 23 heavy (non-hydrogen) atoms. The number of nitro groups is 1. The number of fused-ring (bicyclic) bond motifs is 2. The van der Waals surface area contributed by atoms with Crippen LogP contribution < -0.4 is 9.64 Å². The number of nitrogens with zero attached hydrogens (tertiary/aromatic N) is 4. The van der Waals surface area contributed by atoms with E-state index in [1.807, 2.05) is 17.0 Å². The second kappa shape index (κ2) is 5.24. The highest BCUT2D eigenvalue weighted by Gasteiger charge is 2.30. The monoisotopic (exact) mass is 330 g/mol. The van der Waals surface area contributed by atoms with Gasteiger partial charge in [-0.15, -0.1) is 0 Å². The SMILES string of the molecule is COc1ccc2c(c1)CN(c1nc3sccn3c1[N+](=O)[O-])CC2. The summed E-state index contributed by atoms with van der Waals surface area (Å²) in [5.41, 5.74) is 2.38. The van der Waals surface area contributed by atoms with Gasteiger partial charge in [0.15, 0.2) is 0 Å². The Kier molecular flexibility index (Phi) is 3.19. The highest BCUT2D eigenvalue weighted by molar-refractivity contribution is 7.15. The molecule has 3 aromatic rings. The number of anilines is 1. The lowest BCUT2D eigenvalue weighted by Crippen LogP contribution is -2.31. The molecule has 0 saturated heterocycles. The average molecular weight is 330 g/mol. The van der Waals surface area contributed by atoms with Crippen molar-refractivity contribution in [3.8, 4) is 5.75 Å². The summed E-state index contributed by atoms with van der Waals surface area (Å²) >= 11 is 1.40. The van der Waals surface area contributed by atoms with Crippen molar-refractivity contribution in [2.45, 2.75) is 13.0 Å². The van der Waals surface area contributed by atoms with Gasteiger partial charge in [0.25, 0.3) is 4.96 Å². The summed E-state index contributed by atoms with van der Waals surface area (Å²) in [4.78, 5) is 18.2. The number of aromatic nitrogens is 2. The van der Waals surface area contributed by atoms with Crippen LogP contribution in [0.3, 0.4) is 0 Å². The first-order valence-corrected chi connectivity index (χ1v) is 8.06. The zero-order chi connectivity index (χ0) is 16.0. The van der Waals surface area contributed by atoms with E-state index in [1.54, 1.807) is 23.1 Å². The van der Waals surface area contributed by atoms with E-state index in [0.717, 1.165) is 17.7 Å². The van der Waals surface area contributed by atoms with Crippen LogP contribution >= 0.6 is 11.3 Å². The van der Waals surface area contributed by atoms with E-state index in [1.165, 1.54) is 16.9 Å². The number of ether oxygens (including phenoxy) is 1. The van der Waals surface area contributed by atoms with E-state index in [0.29, 0.717) is 23.9 Å². The zero-order valence-electron chi connectivity index (χ0n) is 12.4. The number of hydrogen-bond acceptors (Lipinski definition) is 6. The number of imidazole rings is 1. The fraction of sp³-hybridized carbons (Fsp3) is 0.267. The first-order valence-electron chi connectivity index (χ1n) is 7.18. The first kappa shape index (κ1) is 14.0. The van der Waals surface area contributed by atoms with Gasteiger partial charge >= 0.3 is 5.82 Å². The summed E-state index contributed by atoms with van der Waals surface area (Å²) in [5, 5.41) is 13.3. The third kappa shape index (κ3) is 2.22. The molecule has 0 amide bonds. The summed E-state index contributed by atoms with van der Waals surface area (Å²) in [6.45, 7) is 1.31. The molecular weight excluding hydrogens is 316 g/mol. The maximum absolute atomic E-state index is 11.5. The molecule has 1 aliphatic rings. The Bertz CT molecular complexity index is 901. The van der Waals surface area contributed by atoms with Gasteiger partial charge < -0.3 is 19.8 Å². The summed E-state index contributed by atoms with van der Waals surface area (Å²) in [5.74, 6) is 1.27. The van der Waals surface area contributed by atoms with Crippen LogP contribution in [0.5, 0.6) is 5.75 Å². The third-order valence-electron chi connectivity index (χ3n) is 4.12. The van der Waals surface area contributed by atoms with Crippen molar-refractivity contribution in [1.29, 1.82) is 0 Å². The lowest BCUT2D eigenvalue weighted by molar-refractivity contribution is -0.389. The molecule has 3 heterocycles. The molecule has 7 nitrogen and oxygen atoms in total. The van der Waals surface area contributed by atoms with E-state index >= 15 is 0 Å². The molecule has 1 aromatic carbocycles. The molecule has 1 aliphatic heterocycles. The maximum Gasteiger partial charge on any atom is 0.373 e.